The van der Waals surface area contributed by atoms with Crippen molar-refractivity contribution < 1.29 is 27.6 Å². The highest BCUT2D eigenvalue weighted by Crippen LogP contribution is 2.30. The highest BCUT2D eigenvalue weighted by atomic mass is 19.4. The van der Waals surface area contributed by atoms with Gasteiger partial charge in [0.25, 0.3) is 5.91 Å². The zero-order valence-electron chi connectivity index (χ0n) is 22.1. The molecule has 1 aliphatic heterocycles. The van der Waals surface area contributed by atoms with Crippen molar-refractivity contribution in [1.29, 1.82) is 0 Å². The molecule has 0 aliphatic carbocycles. The van der Waals surface area contributed by atoms with E-state index in [9.17, 15) is 27.6 Å². The van der Waals surface area contributed by atoms with Crippen molar-refractivity contribution >= 4 is 23.5 Å². The Morgan fingerprint density at radius 3 is 2.32 bits per heavy atom. The van der Waals surface area contributed by atoms with Crippen LogP contribution in [0.25, 0.3) is 0 Å². The summed E-state index contributed by atoms with van der Waals surface area (Å²) >= 11 is 0. The second-order valence-corrected chi connectivity index (χ2v) is 9.72. The first kappa shape index (κ1) is 29.0. The van der Waals surface area contributed by atoms with Crippen LogP contribution >= 0.6 is 0 Å². The molecule has 0 spiro atoms. The van der Waals surface area contributed by atoms with Gasteiger partial charge >= 0.3 is 12.2 Å². The van der Waals surface area contributed by atoms with Gasteiger partial charge in [-0.1, -0.05) is 45.4 Å². The first-order valence-corrected chi connectivity index (χ1v) is 12.9. The number of carbonyl (C=O) groups is 3. The lowest BCUT2D eigenvalue weighted by atomic mass is 9.96. The molecule has 38 heavy (non-hydrogen) atoms. The Kier molecular flexibility index (Phi) is 9.40. The predicted octanol–water partition coefficient (Wildman–Crippen LogP) is 5.18. The maximum atomic E-state index is 13.5. The number of hydrogen-bond acceptors (Lipinski definition) is 3. The fraction of sp³-hybridized carbons (Fsp3) is 0.464. The van der Waals surface area contributed by atoms with Crippen molar-refractivity contribution in [2.45, 2.75) is 58.8 Å². The highest BCUT2D eigenvalue weighted by Gasteiger charge is 2.36. The third-order valence-corrected chi connectivity index (χ3v) is 7.03. The normalized spacial score (nSPS) is 17.5. The molecule has 1 aliphatic rings. The van der Waals surface area contributed by atoms with Gasteiger partial charge in [0.05, 0.1) is 5.56 Å². The summed E-state index contributed by atoms with van der Waals surface area (Å²) in [5, 5.41) is 5.43. The van der Waals surface area contributed by atoms with Gasteiger partial charge in [0.2, 0.25) is 5.91 Å². The first-order valence-electron chi connectivity index (χ1n) is 12.9. The minimum Gasteiger partial charge on any atom is -0.340 e. The van der Waals surface area contributed by atoms with E-state index in [4.69, 9.17) is 0 Å². The first-order chi connectivity index (χ1) is 17.9. The van der Waals surface area contributed by atoms with E-state index in [1.165, 1.54) is 17.0 Å². The third kappa shape index (κ3) is 7.05. The van der Waals surface area contributed by atoms with Gasteiger partial charge in [0, 0.05) is 36.9 Å². The average molecular weight is 533 g/mol. The Morgan fingerprint density at radius 1 is 1.05 bits per heavy atom. The summed E-state index contributed by atoms with van der Waals surface area (Å²) in [6.07, 6.45) is -2.97. The number of aryl methyl sites for hydroxylation is 1. The number of rotatable bonds is 7. The van der Waals surface area contributed by atoms with E-state index in [1.807, 2.05) is 32.9 Å². The third-order valence-electron chi connectivity index (χ3n) is 7.03. The molecule has 0 radical (unpaired) electrons. The van der Waals surface area contributed by atoms with Crippen LogP contribution in [-0.2, 0) is 17.4 Å². The molecule has 0 aromatic heterocycles. The molecule has 10 heteroatoms. The van der Waals surface area contributed by atoms with E-state index in [1.54, 1.807) is 24.0 Å². The molecule has 2 aromatic rings. The number of piperazine rings is 1. The van der Waals surface area contributed by atoms with Crippen LogP contribution in [0.5, 0.6) is 0 Å². The molecule has 3 unspecified atom stereocenters. The SMILES string of the molecule is CCc1ccc(C(=O)NC(C(=O)N2CCN(C(=O)Nc3cccc(C(F)(F)F)c3)C(C)C2)C(C)CC)cc1. The Morgan fingerprint density at radius 2 is 1.74 bits per heavy atom. The standard InChI is InChI=1S/C28H35F3N4O3/c1-5-18(3)24(33-25(36)21-12-10-20(6-2)11-13-21)26(37)34-14-15-35(19(4)17-34)27(38)32-23-9-7-8-22(16-23)28(29,30)31/h7-13,16,18-19,24H,5-6,14-15,17H2,1-4H3,(H,32,38)(H,33,36). The van der Waals surface area contributed by atoms with Crippen LogP contribution < -0.4 is 10.6 Å². The summed E-state index contributed by atoms with van der Waals surface area (Å²) in [7, 11) is 0. The number of amides is 4. The number of halogens is 3. The van der Waals surface area contributed by atoms with Gasteiger partial charge in [-0.15, -0.1) is 0 Å². The van der Waals surface area contributed by atoms with Crippen LogP contribution in [0.2, 0.25) is 0 Å². The zero-order valence-corrected chi connectivity index (χ0v) is 22.1. The Hall–Kier alpha value is -3.56. The summed E-state index contributed by atoms with van der Waals surface area (Å²) in [6.45, 7) is 8.35. The molecule has 7 nitrogen and oxygen atoms in total. The van der Waals surface area contributed by atoms with Crippen molar-refractivity contribution in [3.05, 3.63) is 65.2 Å². The number of hydrogen-bond donors (Lipinski definition) is 2. The van der Waals surface area contributed by atoms with Gasteiger partial charge in [0.15, 0.2) is 0 Å². The lowest BCUT2D eigenvalue weighted by Gasteiger charge is -2.41. The van der Waals surface area contributed by atoms with Crippen molar-refractivity contribution in [3.63, 3.8) is 0 Å². The molecule has 206 valence electrons. The summed E-state index contributed by atoms with van der Waals surface area (Å²) < 4.78 is 39.0. The van der Waals surface area contributed by atoms with E-state index in [-0.39, 0.29) is 49.1 Å². The minimum absolute atomic E-state index is 0.0436. The molecule has 1 saturated heterocycles. The van der Waals surface area contributed by atoms with Crippen LogP contribution in [0.1, 0.15) is 55.6 Å². The molecule has 3 rings (SSSR count). The molecule has 2 N–H and O–H groups in total. The number of nitrogens with zero attached hydrogens (tertiary/aromatic N) is 2. The molecule has 3 atom stereocenters. The number of nitrogens with one attached hydrogen (secondary N) is 2. The van der Waals surface area contributed by atoms with Crippen molar-refractivity contribution in [2.75, 3.05) is 25.0 Å². The molecular formula is C28H35F3N4O3. The largest absolute Gasteiger partial charge is 0.416 e. The van der Waals surface area contributed by atoms with E-state index in [0.717, 1.165) is 24.1 Å². The summed E-state index contributed by atoms with van der Waals surface area (Å²) in [5.41, 5.74) is 0.785. The Bertz CT molecular complexity index is 1140. The van der Waals surface area contributed by atoms with Crippen molar-refractivity contribution in [1.82, 2.24) is 15.1 Å². The lowest BCUT2D eigenvalue weighted by Crippen LogP contribution is -2.60. The van der Waals surface area contributed by atoms with Crippen LogP contribution in [0.4, 0.5) is 23.7 Å². The van der Waals surface area contributed by atoms with Crippen molar-refractivity contribution in [2.24, 2.45) is 5.92 Å². The number of anilines is 1. The topological polar surface area (TPSA) is 81.8 Å². The van der Waals surface area contributed by atoms with Gasteiger partial charge in [-0.25, -0.2) is 4.79 Å². The average Bonchev–Trinajstić information content (AvgIpc) is 2.90. The second kappa shape index (κ2) is 12.3. The molecule has 1 heterocycles. The number of urea groups is 1. The molecular weight excluding hydrogens is 497 g/mol. The van der Waals surface area contributed by atoms with Crippen LogP contribution in [0.15, 0.2) is 48.5 Å². The van der Waals surface area contributed by atoms with Gasteiger partial charge in [-0.05, 0) is 55.2 Å². The summed E-state index contributed by atoms with van der Waals surface area (Å²) in [4.78, 5) is 42.4. The van der Waals surface area contributed by atoms with Crippen molar-refractivity contribution in [3.8, 4) is 0 Å². The zero-order chi connectivity index (χ0) is 28.0. The predicted molar refractivity (Wildman–Crippen MR) is 140 cm³/mol. The summed E-state index contributed by atoms with van der Waals surface area (Å²) in [6, 6.07) is 10.1. The Balaban J connectivity index is 1.65. The van der Waals surface area contributed by atoms with Crippen LogP contribution in [-0.4, -0.2) is 59.4 Å². The maximum absolute atomic E-state index is 13.5. The van der Waals surface area contributed by atoms with E-state index >= 15 is 0 Å². The molecule has 1 fully saturated rings. The molecule has 0 saturated carbocycles. The van der Waals surface area contributed by atoms with Gasteiger partial charge in [0.1, 0.15) is 6.04 Å². The fourth-order valence-electron chi connectivity index (χ4n) is 4.42. The van der Waals surface area contributed by atoms with E-state index in [0.29, 0.717) is 12.0 Å². The number of carbonyl (C=O) groups excluding carboxylic acids is 3. The highest BCUT2D eigenvalue weighted by molar-refractivity contribution is 5.97. The molecule has 0 bridgehead atoms. The second-order valence-electron chi connectivity index (χ2n) is 9.72. The maximum Gasteiger partial charge on any atom is 0.416 e. The van der Waals surface area contributed by atoms with Gasteiger partial charge in [-0.3, -0.25) is 9.59 Å². The minimum atomic E-state index is -4.51. The van der Waals surface area contributed by atoms with E-state index < -0.39 is 23.8 Å². The van der Waals surface area contributed by atoms with Gasteiger partial charge < -0.3 is 20.4 Å². The van der Waals surface area contributed by atoms with E-state index in [2.05, 4.69) is 10.6 Å². The van der Waals surface area contributed by atoms with Crippen LogP contribution in [0.3, 0.4) is 0 Å². The smallest absolute Gasteiger partial charge is 0.340 e. The number of benzene rings is 2. The Labute approximate surface area is 221 Å². The lowest BCUT2D eigenvalue weighted by molar-refractivity contribution is -0.138. The van der Waals surface area contributed by atoms with Crippen LogP contribution in [0, 0.1) is 5.92 Å². The fourth-order valence-corrected chi connectivity index (χ4v) is 4.42. The monoisotopic (exact) mass is 532 g/mol. The van der Waals surface area contributed by atoms with Gasteiger partial charge in [-0.2, -0.15) is 13.2 Å². The quantitative estimate of drug-likeness (QED) is 0.516. The summed E-state index contributed by atoms with van der Waals surface area (Å²) in [5.74, 6) is -0.653. The molecule has 4 amide bonds. The molecule has 2 aromatic carbocycles. The number of alkyl halides is 3.